The lowest BCUT2D eigenvalue weighted by Gasteiger charge is -2.36. The first-order valence-electron chi connectivity index (χ1n) is 7.53. The fourth-order valence-corrected chi connectivity index (χ4v) is 3.75. The second-order valence-electron chi connectivity index (χ2n) is 6.49. The van der Waals surface area contributed by atoms with Gasteiger partial charge in [0.2, 0.25) is 5.91 Å². The van der Waals surface area contributed by atoms with Crippen molar-refractivity contribution < 1.29 is 4.79 Å². The summed E-state index contributed by atoms with van der Waals surface area (Å²) in [6.45, 7) is 10.2. The molecular weight excluding hydrogens is 268 g/mol. The minimum Gasteiger partial charge on any atom is -0.335 e. The van der Waals surface area contributed by atoms with E-state index >= 15 is 0 Å². The fourth-order valence-electron chi connectivity index (χ4n) is 2.82. The minimum absolute atomic E-state index is 0.0763. The van der Waals surface area contributed by atoms with Gasteiger partial charge in [-0.1, -0.05) is 6.92 Å². The van der Waals surface area contributed by atoms with Crippen molar-refractivity contribution in [3.63, 3.8) is 0 Å². The van der Waals surface area contributed by atoms with Gasteiger partial charge in [-0.2, -0.15) is 0 Å². The molecule has 1 N–H and O–H groups in total. The van der Waals surface area contributed by atoms with Crippen molar-refractivity contribution in [1.29, 1.82) is 0 Å². The second kappa shape index (κ2) is 6.27. The van der Waals surface area contributed by atoms with Gasteiger partial charge in [-0.25, -0.2) is 0 Å². The zero-order chi connectivity index (χ0) is 14.8. The number of nitrogens with zero attached hydrogens (tertiary/aromatic N) is 1. The van der Waals surface area contributed by atoms with Crippen LogP contribution in [0.25, 0.3) is 0 Å². The molecule has 1 amide bonds. The summed E-state index contributed by atoms with van der Waals surface area (Å²) in [4.78, 5) is 16.0. The quantitative estimate of drug-likeness (QED) is 0.923. The molecule has 0 bridgehead atoms. The third kappa shape index (κ3) is 3.61. The van der Waals surface area contributed by atoms with Crippen LogP contribution in [0.4, 0.5) is 0 Å². The standard InChI is InChI=1S/C16H26N2OS/c1-5-13-12-8-11-20-14(12)7-10-18(13)15(19)6-9-17-16(2,3)4/h8,11,13,17H,5-7,9-10H2,1-4H3. The normalized spacial score (nSPS) is 19.0. The van der Waals surface area contributed by atoms with E-state index in [0.29, 0.717) is 6.42 Å². The Bertz CT molecular complexity index is 461. The van der Waals surface area contributed by atoms with E-state index in [1.54, 1.807) is 0 Å². The summed E-state index contributed by atoms with van der Waals surface area (Å²) >= 11 is 1.83. The summed E-state index contributed by atoms with van der Waals surface area (Å²) in [7, 11) is 0. The molecule has 0 saturated heterocycles. The van der Waals surface area contributed by atoms with Gasteiger partial charge in [-0.15, -0.1) is 11.3 Å². The van der Waals surface area contributed by atoms with E-state index in [9.17, 15) is 4.79 Å². The van der Waals surface area contributed by atoms with Gasteiger partial charge < -0.3 is 10.2 Å². The third-order valence-electron chi connectivity index (χ3n) is 3.80. The van der Waals surface area contributed by atoms with Gasteiger partial charge in [-0.05, 0) is 50.6 Å². The predicted molar refractivity (Wildman–Crippen MR) is 85.1 cm³/mol. The Hall–Kier alpha value is -0.870. The second-order valence-corrected chi connectivity index (χ2v) is 7.49. The monoisotopic (exact) mass is 294 g/mol. The summed E-state index contributed by atoms with van der Waals surface area (Å²) in [6, 6.07) is 2.48. The molecule has 1 unspecified atom stereocenters. The highest BCUT2D eigenvalue weighted by atomic mass is 32.1. The molecule has 0 aliphatic carbocycles. The van der Waals surface area contributed by atoms with Crippen molar-refractivity contribution in [2.24, 2.45) is 0 Å². The average molecular weight is 294 g/mol. The number of thiophene rings is 1. The van der Waals surface area contributed by atoms with Crippen LogP contribution in [-0.4, -0.2) is 29.4 Å². The smallest absolute Gasteiger partial charge is 0.224 e. The zero-order valence-electron chi connectivity index (χ0n) is 13.0. The summed E-state index contributed by atoms with van der Waals surface area (Å²) in [6.07, 6.45) is 2.61. The Balaban J connectivity index is 1.97. The molecule has 0 spiro atoms. The van der Waals surface area contributed by atoms with E-state index in [0.717, 1.165) is 25.9 Å². The van der Waals surface area contributed by atoms with Crippen LogP contribution in [0.2, 0.25) is 0 Å². The molecule has 1 aliphatic heterocycles. The molecule has 2 rings (SSSR count). The Morgan fingerprint density at radius 3 is 2.90 bits per heavy atom. The zero-order valence-corrected chi connectivity index (χ0v) is 13.8. The Morgan fingerprint density at radius 2 is 2.25 bits per heavy atom. The molecular formula is C16H26N2OS. The van der Waals surface area contributed by atoms with Crippen molar-refractivity contribution in [3.05, 3.63) is 21.9 Å². The topological polar surface area (TPSA) is 32.3 Å². The first kappa shape index (κ1) is 15.5. The maximum atomic E-state index is 12.5. The van der Waals surface area contributed by atoms with Gasteiger partial charge in [0.25, 0.3) is 0 Å². The molecule has 1 aromatic heterocycles. The Labute approximate surface area is 126 Å². The van der Waals surface area contributed by atoms with Crippen LogP contribution in [0.5, 0.6) is 0 Å². The molecule has 1 atom stereocenters. The molecule has 2 heterocycles. The molecule has 1 aliphatic rings. The summed E-state index contributed by atoms with van der Waals surface area (Å²) in [5.74, 6) is 0.283. The first-order chi connectivity index (χ1) is 9.42. The van der Waals surface area contributed by atoms with Crippen molar-refractivity contribution >= 4 is 17.2 Å². The number of amides is 1. The number of rotatable bonds is 4. The van der Waals surface area contributed by atoms with Gasteiger partial charge >= 0.3 is 0 Å². The molecule has 0 aromatic carbocycles. The maximum Gasteiger partial charge on any atom is 0.224 e. The molecule has 0 fully saturated rings. The van der Waals surface area contributed by atoms with Crippen LogP contribution < -0.4 is 5.32 Å². The van der Waals surface area contributed by atoms with Crippen LogP contribution >= 0.6 is 11.3 Å². The van der Waals surface area contributed by atoms with E-state index in [2.05, 4.69) is 49.4 Å². The summed E-state index contributed by atoms with van der Waals surface area (Å²) in [5, 5.41) is 5.55. The van der Waals surface area contributed by atoms with E-state index < -0.39 is 0 Å². The largest absolute Gasteiger partial charge is 0.335 e. The van der Waals surface area contributed by atoms with Crippen molar-refractivity contribution in [2.45, 2.75) is 58.5 Å². The fraction of sp³-hybridized carbons (Fsp3) is 0.688. The van der Waals surface area contributed by atoms with E-state index in [-0.39, 0.29) is 17.5 Å². The van der Waals surface area contributed by atoms with Gasteiger partial charge in [0.1, 0.15) is 0 Å². The third-order valence-corrected chi connectivity index (χ3v) is 4.79. The number of hydrogen-bond donors (Lipinski definition) is 1. The average Bonchev–Trinajstić information content (AvgIpc) is 2.83. The predicted octanol–water partition coefficient (Wildman–Crippen LogP) is 3.36. The van der Waals surface area contributed by atoms with Crippen LogP contribution in [-0.2, 0) is 11.2 Å². The van der Waals surface area contributed by atoms with Gasteiger partial charge in [-0.3, -0.25) is 4.79 Å². The molecule has 4 heteroatoms. The van der Waals surface area contributed by atoms with Crippen molar-refractivity contribution in [3.8, 4) is 0 Å². The van der Waals surface area contributed by atoms with Crippen molar-refractivity contribution in [1.82, 2.24) is 10.2 Å². The van der Waals surface area contributed by atoms with Gasteiger partial charge in [0.15, 0.2) is 0 Å². The van der Waals surface area contributed by atoms with Gasteiger partial charge in [0.05, 0.1) is 6.04 Å². The Morgan fingerprint density at radius 1 is 1.50 bits per heavy atom. The van der Waals surface area contributed by atoms with E-state index in [4.69, 9.17) is 0 Å². The van der Waals surface area contributed by atoms with E-state index in [1.165, 1.54) is 10.4 Å². The molecule has 112 valence electrons. The lowest BCUT2D eigenvalue weighted by molar-refractivity contribution is -0.134. The highest BCUT2D eigenvalue weighted by molar-refractivity contribution is 7.10. The molecule has 1 aromatic rings. The molecule has 0 radical (unpaired) electrons. The SMILES string of the molecule is CCC1c2ccsc2CCN1C(=O)CCNC(C)(C)C. The van der Waals surface area contributed by atoms with Crippen LogP contribution in [0.3, 0.4) is 0 Å². The van der Waals surface area contributed by atoms with Crippen LogP contribution in [0.15, 0.2) is 11.4 Å². The number of nitrogens with one attached hydrogen (secondary N) is 1. The number of hydrogen-bond acceptors (Lipinski definition) is 3. The first-order valence-corrected chi connectivity index (χ1v) is 8.41. The number of carbonyl (C=O) groups is 1. The van der Waals surface area contributed by atoms with Crippen molar-refractivity contribution in [2.75, 3.05) is 13.1 Å². The molecule has 0 saturated carbocycles. The summed E-state index contributed by atoms with van der Waals surface area (Å²) in [5.41, 5.74) is 1.45. The minimum atomic E-state index is 0.0763. The van der Waals surface area contributed by atoms with E-state index in [1.807, 2.05) is 11.3 Å². The van der Waals surface area contributed by atoms with Crippen LogP contribution in [0, 0.1) is 0 Å². The summed E-state index contributed by atoms with van der Waals surface area (Å²) < 4.78 is 0. The molecule has 20 heavy (non-hydrogen) atoms. The van der Waals surface area contributed by atoms with Crippen LogP contribution in [0.1, 0.15) is 57.0 Å². The highest BCUT2D eigenvalue weighted by Crippen LogP contribution is 2.35. The Kier molecular flexibility index (Phi) is 4.86. The maximum absolute atomic E-state index is 12.5. The molecule has 3 nitrogen and oxygen atoms in total. The van der Waals surface area contributed by atoms with Gasteiger partial charge in [0, 0.05) is 29.9 Å². The lowest BCUT2D eigenvalue weighted by atomic mass is 9.97. The number of carbonyl (C=O) groups excluding carboxylic acids is 1. The lowest BCUT2D eigenvalue weighted by Crippen LogP contribution is -2.42. The number of fused-ring (bicyclic) bond motifs is 1. The highest BCUT2D eigenvalue weighted by Gasteiger charge is 2.29.